The maximum Gasteiger partial charge on any atom is 0.419 e. The first-order valence-corrected chi connectivity index (χ1v) is 5.88. The summed E-state index contributed by atoms with van der Waals surface area (Å²) in [5, 5.41) is 2.93. The van der Waals surface area contributed by atoms with Gasteiger partial charge in [0, 0.05) is 12.2 Å². The van der Waals surface area contributed by atoms with E-state index in [4.69, 9.17) is 0 Å². The minimum Gasteiger partial charge on any atom is -0.380 e. The summed E-state index contributed by atoms with van der Waals surface area (Å²) in [6.45, 7) is 1.99. The van der Waals surface area contributed by atoms with E-state index in [0.29, 0.717) is 11.3 Å². The largest absolute Gasteiger partial charge is 0.419 e. The Balaban J connectivity index is 2.12. The average Bonchev–Trinajstić information content (AvgIpc) is 2.38. The molecule has 0 bridgehead atoms. The molecule has 0 saturated carbocycles. The lowest BCUT2D eigenvalue weighted by molar-refractivity contribution is -0.140. The van der Waals surface area contributed by atoms with E-state index in [-0.39, 0.29) is 6.54 Å². The van der Waals surface area contributed by atoms with Crippen LogP contribution in [0.1, 0.15) is 16.8 Å². The molecule has 6 heteroatoms. The summed E-state index contributed by atoms with van der Waals surface area (Å²) in [4.78, 5) is 4.06. The van der Waals surface area contributed by atoms with Crippen molar-refractivity contribution in [3.63, 3.8) is 0 Å². The van der Waals surface area contributed by atoms with Gasteiger partial charge in [0.15, 0.2) is 0 Å². The number of hydrogen-bond acceptors (Lipinski definition) is 2. The van der Waals surface area contributed by atoms with Gasteiger partial charge in [0.25, 0.3) is 0 Å². The predicted molar refractivity (Wildman–Crippen MR) is 67.7 cm³/mol. The quantitative estimate of drug-likeness (QED) is 0.856. The van der Waals surface area contributed by atoms with Crippen molar-refractivity contribution < 1.29 is 17.6 Å². The first-order chi connectivity index (χ1) is 9.36. The van der Waals surface area contributed by atoms with Gasteiger partial charge in [0.2, 0.25) is 0 Å². The van der Waals surface area contributed by atoms with Crippen LogP contribution < -0.4 is 5.32 Å². The van der Waals surface area contributed by atoms with Gasteiger partial charge in [-0.3, -0.25) is 4.98 Å². The van der Waals surface area contributed by atoms with Crippen LogP contribution in [0.4, 0.5) is 23.2 Å². The number of nitrogens with zero attached hydrogens (tertiary/aromatic N) is 1. The SMILES string of the molecule is Cc1ccc(NCc2ccc(F)c(C(F)(F)F)c2)cn1. The van der Waals surface area contributed by atoms with Crippen LogP contribution in [0.2, 0.25) is 0 Å². The Morgan fingerprint density at radius 1 is 1.15 bits per heavy atom. The highest BCUT2D eigenvalue weighted by atomic mass is 19.4. The van der Waals surface area contributed by atoms with Crippen LogP contribution in [0.5, 0.6) is 0 Å². The lowest BCUT2D eigenvalue weighted by Gasteiger charge is -2.11. The number of rotatable bonds is 3. The van der Waals surface area contributed by atoms with E-state index < -0.39 is 17.6 Å². The minimum absolute atomic E-state index is 0.161. The van der Waals surface area contributed by atoms with Gasteiger partial charge in [-0.1, -0.05) is 6.07 Å². The summed E-state index contributed by atoms with van der Waals surface area (Å²) >= 11 is 0. The number of anilines is 1. The zero-order valence-corrected chi connectivity index (χ0v) is 10.6. The Bertz CT molecular complexity index is 591. The zero-order valence-electron chi connectivity index (χ0n) is 10.6. The van der Waals surface area contributed by atoms with E-state index in [1.165, 1.54) is 6.07 Å². The highest BCUT2D eigenvalue weighted by Crippen LogP contribution is 2.32. The Morgan fingerprint density at radius 3 is 2.50 bits per heavy atom. The minimum atomic E-state index is -4.69. The average molecular weight is 284 g/mol. The zero-order chi connectivity index (χ0) is 14.8. The molecule has 0 aliphatic rings. The van der Waals surface area contributed by atoms with Crippen molar-refractivity contribution in [3.8, 4) is 0 Å². The number of pyridine rings is 1. The molecule has 1 aromatic carbocycles. The Labute approximate surface area is 113 Å². The summed E-state index contributed by atoms with van der Waals surface area (Å²) < 4.78 is 50.8. The van der Waals surface area contributed by atoms with Crippen LogP contribution in [0.25, 0.3) is 0 Å². The molecular weight excluding hydrogens is 272 g/mol. The van der Waals surface area contributed by atoms with Crippen LogP contribution in [-0.2, 0) is 12.7 Å². The first kappa shape index (κ1) is 14.3. The van der Waals surface area contributed by atoms with Crippen LogP contribution in [0.3, 0.4) is 0 Å². The second kappa shape index (κ2) is 5.48. The maximum absolute atomic E-state index is 13.1. The molecule has 0 amide bonds. The molecule has 2 nitrogen and oxygen atoms in total. The van der Waals surface area contributed by atoms with Crippen molar-refractivity contribution in [2.24, 2.45) is 0 Å². The molecule has 1 aromatic heterocycles. The summed E-state index contributed by atoms with van der Waals surface area (Å²) in [5.41, 5.74) is 0.628. The summed E-state index contributed by atoms with van der Waals surface area (Å²) in [7, 11) is 0. The molecule has 0 radical (unpaired) electrons. The molecule has 2 aromatic rings. The molecule has 0 aliphatic heterocycles. The molecule has 0 atom stereocenters. The van der Waals surface area contributed by atoms with Crippen LogP contribution in [0, 0.1) is 12.7 Å². The lowest BCUT2D eigenvalue weighted by Crippen LogP contribution is -2.10. The summed E-state index contributed by atoms with van der Waals surface area (Å²) in [6, 6.07) is 6.51. The number of hydrogen-bond donors (Lipinski definition) is 1. The Morgan fingerprint density at radius 2 is 1.90 bits per heavy atom. The van der Waals surface area contributed by atoms with Crippen LogP contribution in [0.15, 0.2) is 36.5 Å². The molecule has 20 heavy (non-hydrogen) atoms. The normalized spacial score (nSPS) is 11.4. The van der Waals surface area contributed by atoms with Gasteiger partial charge in [0.1, 0.15) is 5.82 Å². The maximum atomic E-state index is 13.1. The molecule has 0 saturated heterocycles. The predicted octanol–water partition coefficient (Wildman–Crippen LogP) is 4.16. The van der Waals surface area contributed by atoms with Gasteiger partial charge in [0.05, 0.1) is 17.4 Å². The van der Waals surface area contributed by atoms with E-state index in [0.717, 1.165) is 17.8 Å². The van der Waals surface area contributed by atoms with Crippen LogP contribution >= 0.6 is 0 Å². The Kier molecular flexibility index (Phi) is 3.92. The summed E-state index contributed by atoms with van der Waals surface area (Å²) in [6.07, 6.45) is -3.10. The molecule has 106 valence electrons. The number of benzene rings is 1. The van der Waals surface area contributed by atoms with Gasteiger partial charge in [-0.05, 0) is 36.8 Å². The van der Waals surface area contributed by atoms with Crippen LogP contribution in [-0.4, -0.2) is 4.98 Å². The fraction of sp³-hybridized carbons (Fsp3) is 0.214. The molecular formula is C14H12F4N2. The number of alkyl halides is 3. The molecule has 0 aliphatic carbocycles. The van der Waals surface area contributed by atoms with Gasteiger partial charge >= 0.3 is 6.18 Å². The number of aromatic nitrogens is 1. The number of halogens is 4. The van der Waals surface area contributed by atoms with E-state index in [1.54, 1.807) is 18.3 Å². The van der Waals surface area contributed by atoms with E-state index in [1.807, 2.05) is 6.92 Å². The lowest BCUT2D eigenvalue weighted by atomic mass is 10.1. The van der Waals surface area contributed by atoms with Crippen molar-refractivity contribution in [3.05, 3.63) is 59.2 Å². The second-order valence-electron chi connectivity index (χ2n) is 4.35. The standard InChI is InChI=1S/C14H12F4N2/c1-9-2-4-11(8-19-9)20-7-10-3-5-13(15)12(6-10)14(16,17)18/h2-6,8,20H,7H2,1H3. The highest BCUT2D eigenvalue weighted by molar-refractivity contribution is 5.42. The third-order valence-corrected chi connectivity index (χ3v) is 2.74. The van der Waals surface area contributed by atoms with E-state index in [2.05, 4.69) is 10.3 Å². The molecule has 1 N–H and O–H groups in total. The molecule has 2 rings (SSSR count). The van der Waals surface area contributed by atoms with Gasteiger partial charge < -0.3 is 5.32 Å². The van der Waals surface area contributed by atoms with Crippen molar-refractivity contribution in [1.82, 2.24) is 4.98 Å². The second-order valence-corrected chi connectivity index (χ2v) is 4.35. The third-order valence-electron chi connectivity index (χ3n) is 2.74. The van der Waals surface area contributed by atoms with Gasteiger partial charge in [-0.2, -0.15) is 13.2 Å². The fourth-order valence-corrected chi connectivity index (χ4v) is 1.68. The summed E-state index contributed by atoms with van der Waals surface area (Å²) in [5.74, 6) is -1.27. The first-order valence-electron chi connectivity index (χ1n) is 5.88. The van der Waals surface area contributed by atoms with Crippen molar-refractivity contribution in [2.45, 2.75) is 19.6 Å². The van der Waals surface area contributed by atoms with E-state index in [9.17, 15) is 17.6 Å². The number of aryl methyl sites for hydroxylation is 1. The van der Waals surface area contributed by atoms with Gasteiger partial charge in [-0.15, -0.1) is 0 Å². The van der Waals surface area contributed by atoms with Crippen molar-refractivity contribution in [2.75, 3.05) is 5.32 Å². The monoisotopic (exact) mass is 284 g/mol. The topological polar surface area (TPSA) is 24.9 Å². The van der Waals surface area contributed by atoms with Gasteiger partial charge in [-0.25, -0.2) is 4.39 Å². The fourth-order valence-electron chi connectivity index (χ4n) is 1.68. The third kappa shape index (κ3) is 3.46. The van der Waals surface area contributed by atoms with Crippen molar-refractivity contribution >= 4 is 5.69 Å². The number of nitrogens with one attached hydrogen (secondary N) is 1. The van der Waals surface area contributed by atoms with E-state index >= 15 is 0 Å². The molecule has 1 heterocycles. The van der Waals surface area contributed by atoms with Crippen molar-refractivity contribution in [1.29, 1.82) is 0 Å². The Hall–Kier alpha value is -2.11. The molecule has 0 unspecified atom stereocenters. The molecule has 0 spiro atoms. The smallest absolute Gasteiger partial charge is 0.380 e. The molecule has 0 fully saturated rings. The highest BCUT2D eigenvalue weighted by Gasteiger charge is 2.34.